The van der Waals surface area contributed by atoms with Gasteiger partial charge in [-0.15, -0.1) is 0 Å². The number of rotatable bonds is 3. The maximum absolute atomic E-state index is 12.7. The Morgan fingerprint density at radius 3 is 2.70 bits per heavy atom. The molecule has 1 aromatic carbocycles. The van der Waals surface area contributed by atoms with Gasteiger partial charge in [0.2, 0.25) is 0 Å². The van der Waals surface area contributed by atoms with Crippen LogP contribution in [-0.2, 0) is 6.54 Å². The van der Waals surface area contributed by atoms with Gasteiger partial charge in [-0.05, 0) is 49.2 Å². The van der Waals surface area contributed by atoms with Crippen LogP contribution < -0.4 is 0 Å². The molecule has 1 amide bonds. The Morgan fingerprint density at radius 2 is 1.85 bits per heavy atom. The van der Waals surface area contributed by atoms with Crippen LogP contribution in [0.4, 0.5) is 0 Å². The minimum absolute atomic E-state index is 0.103. The summed E-state index contributed by atoms with van der Waals surface area (Å²) in [5, 5.41) is 1.18. The largest absolute Gasteiger partial charge is 0.337 e. The van der Waals surface area contributed by atoms with E-state index in [1.807, 2.05) is 11.8 Å². The summed E-state index contributed by atoms with van der Waals surface area (Å²) in [4.78, 5) is 25.6. The fraction of sp³-hybridized carbons (Fsp3) is 0.318. The second-order valence-electron chi connectivity index (χ2n) is 7.14. The predicted octanol–water partition coefficient (Wildman–Crippen LogP) is 3.29. The molecule has 1 saturated heterocycles. The fourth-order valence-corrected chi connectivity index (χ4v) is 3.64. The van der Waals surface area contributed by atoms with Crippen LogP contribution in [0.1, 0.15) is 28.0 Å². The molecule has 1 aliphatic heterocycles. The van der Waals surface area contributed by atoms with Crippen molar-refractivity contribution in [3.05, 3.63) is 71.7 Å². The Labute approximate surface area is 159 Å². The molecule has 1 fully saturated rings. The average Bonchev–Trinajstić information content (AvgIpc) is 2.94. The highest BCUT2D eigenvalue weighted by Crippen LogP contribution is 2.17. The van der Waals surface area contributed by atoms with Crippen LogP contribution in [0, 0.1) is 6.92 Å². The van der Waals surface area contributed by atoms with E-state index in [1.165, 1.54) is 10.9 Å². The second kappa shape index (κ2) is 7.84. The zero-order chi connectivity index (χ0) is 18.6. The SMILES string of the molecule is Cc1ccc2cc(CN3CCCN(C(=O)c4ccncc4)CC3)ccc2n1. The predicted molar refractivity (Wildman–Crippen MR) is 107 cm³/mol. The lowest BCUT2D eigenvalue weighted by Gasteiger charge is -2.22. The van der Waals surface area contributed by atoms with E-state index in [1.54, 1.807) is 24.5 Å². The first-order chi connectivity index (χ1) is 13.2. The highest BCUT2D eigenvalue weighted by molar-refractivity contribution is 5.94. The highest BCUT2D eigenvalue weighted by atomic mass is 16.2. The fourth-order valence-electron chi connectivity index (χ4n) is 3.64. The summed E-state index contributed by atoms with van der Waals surface area (Å²) in [5.74, 6) is 0.103. The molecule has 0 unspecified atom stereocenters. The van der Waals surface area contributed by atoms with E-state index in [2.05, 4.69) is 45.2 Å². The molecule has 0 bridgehead atoms. The number of carbonyl (C=O) groups excluding carboxylic acids is 1. The summed E-state index contributed by atoms with van der Waals surface area (Å²) in [7, 11) is 0. The number of amides is 1. The minimum Gasteiger partial charge on any atom is -0.337 e. The van der Waals surface area contributed by atoms with Gasteiger partial charge in [-0.2, -0.15) is 0 Å². The van der Waals surface area contributed by atoms with Crippen LogP contribution in [0.5, 0.6) is 0 Å². The van der Waals surface area contributed by atoms with Gasteiger partial charge in [0.05, 0.1) is 5.52 Å². The monoisotopic (exact) mass is 360 g/mol. The number of fused-ring (bicyclic) bond motifs is 1. The molecule has 27 heavy (non-hydrogen) atoms. The zero-order valence-electron chi connectivity index (χ0n) is 15.6. The zero-order valence-corrected chi connectivity index (χ0v) is 15.6. The topological polar surface area (TPSA) is 49.3 Å². The van der Waals surface area contributed by atoms with Gasteiger partial charge >= 0.3 is 0 Å². The van der Waals surface area contributed by atoms with E-state index in [-0.39, 0.29) is 5.91 Å². The number of aryl methyl sites for hydroxylation is 1. The molecule has 0 N–H and O–H groups in total. The van der Waals surface area contributed by atoms with Crippen molar-refractivity contribution >= 4 is 16.8 Å². The third-order valence-corrected chi connectivity index (χ3v) is 5.10. The molecule has 0 spiro atoms. The van der Waals surface area contributed by atoms with Crippen molar-refractivity contribution in [1.82, 2.24) is 19.8 Å². The molecule has 3 aromatic rings. The van der Waals surface area contributed by atoms with Crippen LogP contribution in [-0.4, -0.2) is 51.9 Å². The lowest BCUT2D eigenvalue weighted by molar-refractivity contribution is 0.0761. The van der Waals surface area contributed by atoms with Crippen molar-refractivity contribution in [3.63, 3.8) is 0 Å². The summed E-state index contributed by atoms with van der Waals surface area (Å²) >= 11 is 0. The van der Waals surface area contributed by atoms with Crippen molar-refractivity contribution in [2.24, 2.45) is 0 Å². The smallest absolute Gasteiger partial charge is 0.254 e. The molecule has 0 saturated carbocycles. The summed E-state index contributed by atoms with van der Waals surface area (Å²) in [6.45, 7) is 6.38. The summed E-state index contributed by atoms with van der Waals surface area (Å²) < 4.78 is 0. The molecule has 2 aromatic heterocycles. The molecule has 138 valence electrons. The molecule has 4 rings (SSSR count). The van der Waals surface area contributed by atoms with Gasteiger partial charge in [-0.1, -0.05) is 12.1 Å². The molecule has 5 nitrogen and oxygen atoms in total. The lowest BCUT2D eigenvalue weighted by atomic mass is 10.1. The summed E-state index contributed by atoms with van der Waals surface area (Å²) in [6.07, 6.45) is 4.34. The normalized spacial score (nSPS) is 15.7. The van der Waals surface area contributed by atoms with E-state index in [0.29, 0.717) is 0 Å². The van der Waals surface area contributed by atoms with E-state index < -0.39 is 0 Å². The van der Waals surface area contributed by atoms with Gasteiger partial charge in [0.25, 0.3) is 5.91 Å². The van der Waals surface area contributed by atoms with E-state index in [4.69, 9.17) is 0 Å². The van der Waals surface area contributed by atoms with Crippen molar-refractivity contribution in [2.45, 2.75) is 19.9 Å². The first-order valence-electron chi connectivity index (χ1n) is 9.47. The van der Waals surface area contributed by atoms with Gasteiger partial charge in [-0.25, -0.2) is 0 Å². The Hall–Kier alpha value is -2.79. The quantitative estimate of drug-likeness (QED) is 0.719. The van der Waals surface area contributed by atoms with Crippen LogP contribution >= 0.6 is 0 Å². The number of benzene rings is 1. The number of hydrogen-bond donors (Lipinski definition) is 0. The molecular formula is C22H24N4O. The Morgan fingerprint density at radius 1 is 1.00 bits per heavy atom. The maximum atomic E-state index is 12.7. The molecule has 0 radical (unpaired) electrons. The van der Waals surface area contributed by atoms with Crippen LogP contribution in [0.25, 0.3) is 10.9 Å². The van der Waals surface area contributed by atoms with Crippen molar-refractivity contribution in [1.29, 1.82) is 0 Å². The lowest BCUT2D eigenvalue weighted by Crippen LogP contribution is -2.35. The average molecular weight is 360 g/mol. The van der Waals surface area contributed by atoms with Crippen LogP contribution in [0.2, 0.25) is 0 Å². The third kappa shape index (κ3) is 4.14. The van der Waals surface area contributed by atoms with Gasteiger partial charge in [-0.3, -0.25) is 19.7 Å². The Bertz CT molecular complexity index is 941. The number of aromatic nitrogens is 2. The summed E-state index contributed by atoms with van der Waals surface area (Å²) in [6, 6.07) is 14.3. The molecule has 0 aliphatic carbocycles. The molecular weight excluding hydrogens is 336 g/mol. The first kappa shape index (κ1) is 17.6. The highest BCUT2D eigenvalue weighted by Gasteiger charge is 2.20. The minimum atomic E-state index is 0.103. The van der Waals surface area contributed by atoms with Crippen LogP contribution in [0.3, 0.4) is 0 Å². The number of pyridine rings is 2. The van der Waals surface area contributed by atoms with E-state index >= 15 is 0 Å². The second-order valence-corrected chi connectivity index (χ2v) is 7.14. The summed E-state index contributed by atoms with van der Waals surface area (Å²) in [5.41, 5.74) is 4.10. The Kier molecular flexibility index (Phi) is 5.12. The van der Waals surface area contributed by atoms with Gasteiger partial charge in [0.1, 0.15) is 0 Å². The van der Waals surface area contributed by atoms with Gasteiger partial charge in [0.15, 0.2) is 0 Å². The molecule has 3 heterocycles. The van der Waals surface area contributed by atoms with E-state index in [0.717, 1.165) is 55.9 Å². The van der Waals surface area contributed by atoms with Crippen molar-refractivity contribution in [3.8, 4) is 0 Å². The van der Waals surface area contributed by atoms with Gasteiger partial charge < -0.3 is 4.90 Å². The van der Waals surface area contributed by atoms with Crippen LogP contribution in [0.15, 0.2) is 54.9 Å². The third-order valence-electron chi connectivity index (χ3n) is 5.10. The Balaban J connectivity index is 1.41. The van der Waals surface area contributed by atoms with E-state index in [9.17, 15) is 4.79 Å². The number of hydrogen-bond acceptors (Lipinski definition) is 4. The molecule has 1 aliphatic rings. The molecule has 0 atom stereocenters. The van der Waals surface area contributed by atoms with Crippen molar-refractivity contribution < 1.29 is 4.79 Å². The van der Waals surface area contributed by atoms with Gasteiger partial charge in [0, 0.05) is 61.8 Å². The van der Waals surface area contributed by atoms with Crippen molar-refractivity contribution in [2.75, 3.05) is 26.2 Å². The maximum Gasteiger partial charge on any atom is 0.254 e. The number of carbonyl (C=O) groups is 1. The number of nitrogens with zero attached hydrogens (tertiary/aromatic N) is 4. The first-order valence-corrected chi connectivity index (χ1v) is 9.47. The molecule has 5 heteroatoms. The standard InChI is InChI=1S/C22H24N4O/c1-17-3-5-20-15-18(4-6-21(20)24-17)16-25-11-2-12-26(14-13-25)22(27)19-7-9-23-10-8-19/h3-10,15H,2,11-14,16H2,1H3.